The minimum Gasteiger partial charge on any atom is -0.494 e. The number of hydrogen-bond acceptors (Lipinski definition) is 2. The van der Waals surface area contributed by atoms with Crippen molar-refractivity contribution in [1.82, 2.24) is 0 Å². The number of rotatable bonds is 3. The second kappa shape index (κ2) is 4.13. The third-order valence-electron chi connectivity index (χ3n) is 2.24. The van der Waals surface area contributed by atoms with Crippen molar-refractivity contribution in [2.45, 2.75) is 6.92 Å². The zero-order chi connectivity index (χ0) is 10.7. The number of ether oxygens (including phenoxy) is 1. The molecule has 0 unspecified atom stereocenters. The van der Waals surface area contributed by atoms with Gasteiger partial charge in [-0.15, -0.1) is 0 Å². The molecule has 0 aliphatic rings. The van der Waals surface area contributed by atoms with Gasteiger partial charge >= 0.3 is 0 Å². The lowest BCUT2D eigenvalue weighted by atomic mass is 10.1. The molecule has 2 heteroatoms. The van der Waals surface area contributed by atoms with E-state index in [1.165, 1.54) is 0 Å². The minimum atomic E-state index is 0.576. The first-order valence-corrected chi connectivity index (χ1v) is 4.88. The SMILES string of the molecule is CCOc1ccc2cc([C]=O)ccc2c1. The molecule has 0 N–H and O–H groups in total. The van der Waals surface area contributed by atoms with E-state index in [-0.39, 0.29) is 0 Å². The third kappa shape index (κ3) is 1.99. The fourth-order valence-corrected chi connectivity index (χ4v) is 1.54. The molecular formula is C13H11O2. The van der Waals surface area contributed by atoms with E-state index in [4.69, 9.17) is 4.74 Å². The molecule has 0 aliphatic heterocycles. The Hall–Kier alpha value is -1.83. The average molecular weight is 199 g/mol. The molecule has 0 saturated heterocycles. The number of fused-ring (bicyclic) bond motifs is 1. The van der Waals surface area contributed by atoms with Crippen LogP contribution in [-0.4, -0.2) is 12.9 Å². The van der Waals surface area contributed by atoms with Gasteiger partial charge in [-0.2, -0.15) is 0 Å². The summed E-state index contributed by atoms with van der Waals surface area (Å²) < 4.78 is 5.39. The van der Waals surface area contributed by atoms with Crippen LogP contribution in [-0.2, 0) is 4.79 Å². The predicted molar refractivity (Wildman–Crippen MR) is 59.9 cm³/mol. The van der Waals surface area contributed by atoms with Gasteiger partial charge in [0.05, 0.1) is 6.61 Å². The van der Waals surface area contributed by atoms with Gasteiger partial charge in [-0.1, -0.05) is 18.2 Å². The topological polar surface area (TPSA) is 26.3 Å². The largest absolute Gasteiger partial charge is 0.494 e. The van der Waals surface area contributed by atoms with E-state index in [0.29, 0.717) is 12.2 Å². The van der Waals surface area contributed by atoms with Crippen LogP contribution in [0, 0.1) is 0 Å². The number of carbonyl (C=O) groups excluding carboxylic acids is 1. The molecule has 0 fully saturated rings. The molecule has 0 atom stereocenters. The number of benzene rings is 2. The second-order valence-electron chi connectivity index (χ2n) is 3.26. The van der Waals surface area contributed by atoms with E-state index in [1.807, 2.05) is 43.5 Å². The maximum Gasteiger partial charge on any atom is 0.233 e. The van der Waals surface area contributed by atoms with Crippen molar-refractivity contribution < 1.29 is 9.53 Å². The molecule has 0 spiro atoms. The lowest BCUT2D eigenvalue weighted by Gasteiger charge is -2.04. The third-order valence-corrected chi connectivity index (χ3v) is 2.24. The van der Waals surface area contributed by atoms with E-state index in [0.717, 1.165) is 16.5 Å². The monoisotopic (exact) mass is 199 g/mol. The van der Waals surface area contributed by atoms with Crippen LogP contribution in [0.5, 0.6) is 5.75 Å². The van der Waals surface area contributed by atoms with Gasteiger partial charge in [0.2, 0.25) is 6.29 Å². The Morgan fingerprint density at radius 1 is 1.13 bits per heavy atom. The Labute approximate surface area is 88.5 Å². The molecule has 75 valence electrons. The molecule has 0 heterocycles. The highest BCUT2D eigenvalue weighted by atomic mass is 16.5. The van der Waals surface area contributed by atoms with Gasteiger partial charge in [0, 0.05) is 5.56 Å². The van der Waals surface area contributed by atoms with Crippen molar-refractivity contribution in [3.63, 3.8) is 0 Å². The Balaban J connectivity index is 2.49. The molecule has 0 bridgehead atoms. The van der Waals surface area contributed by atoms with Crippen molar-refractivity contribution in [1.29, 1.82) is 0 Å². The lowest BCUT2D eigenvalue weighted by Crippen LogP contribution is -1.90. The smallest absolute Gasteiger partial charge is 0.233 e. The van der Waals surface area contributed by atoms with Gasteiger partial charge in [0.25, 0.3) is 0 Å². The van der Waals surface area contributed by atoms with E-state index < -0.39 is 0 Å². The number of hydrogen-bond donors (Lipinski definition) is 0. The van der Waals surface area contributed by atoms with Crippen LogP contribution in [0.1, 0.15) is 12.5 Å². The Morgan fingerprint density at radius 3 is 2.60 bits per heavy atom. The minimum absolute atomic E-state index is 0.576. The van der Waals surface area contributed by atoms with E-state index in [1.54, 1.807) is 6.07 Å². The molecule has 2 aromatic carbocycles. The zero-order valence-electron chi connectivity index (χ0n) is 8.49. The summed E-state index contributed by atoms with van der Waals surface area (Å²) in [5, 5.41) is 2.10. The van der Waals surface area contributed by atoms with Crippen LogP contribution >= 0.6 is 0 Å². The average Bonchev–Trinajstić information content (AvgIpc) is 2.29. The van der Waals surface area contributed by atoms with Crippen molar-refractivity contribution in [2.75, 3.05) is 6.61 Å². The summed E-state index contributed by atoms with van der Waals surface area (Å²) in [6.45, 7) is 2.61. The Morgan fingerprint density at radius 2 is 1.87 bits per heavy atom. The van der Waals surface area contributed by atoms with Crippen LogP contribution < -0.4 is 4.74 Å². The van der Waals surface area contributed by atoms with Crippen molar-refractivity contribution in [2.24, 2.45) is 0 Å². The second-order valence-corrected chi connectivity index (χ2v) is 3.26. The molecule has 2 nitrogen and oxygen atoms in total. The lowest BCUT2D eigenvalue weighted by molar-refractivity contribution is 0.341. The molecule has 15 heavy (non-hydrogen) atoms. The van der Waals surface area contributed by atoms with Crippen molar-refractivity contribution in [3.05, 3.63) is 42.0 Å². The normalized spacial score (nSPS) is 10.2. The highest BCUT2D eigenvalue weighted by molar-refractivity contribution is 5.89. The van der Waals surface area contributed by atoms with Crippen LogP contribution in [0.3, 0.4) is 0 Å². The Bertz CT molecular complexity index is 489. The van der Waals surface area contributed by atoms with Gasteiger partial charge < -0.3 is 4.74 Å². The van der Waals surface area contributed by atoms with Gasteiger partial charge in [0.1, 0.15) is 5.75 Å². The summed E-state index contributed by atoms with van der Waals surface area (Å²) in [6, 6.07) is 11.3. The summed E-state index contributed by atoms with van der Waals surface area (Å²) in [5.74, 6) is 0.854. The molecule has 2 aromatic rings. The molecule has 0 aliphatic carbocycles. The van der Waals surface area contributed by atoms with E-state index in [9.17, 15) is 4.79 Å². The van der Waals surface area contributed by atoms with Crippen LogP contribution in [0.4, 0.5) is 0 Å². The van der Waals surface area contributed by atoms with Gasteiger partial charge in [-0.05, 0) is 35.9 Å². The molecule has 1 radical (unpaired) electrons. The summed E-state index contributed by atoms with van der Waals surface area (Å²) in [5.41, 5.74) is 0.576. The first-order valence-electron chi connectivity index (χ1n) is 4.88. The van der Waals surface area contributed by atoms with Crippen LogP contribution in [0.2, 0.25) is 0 Å². The summed E-state index contributed by atoms with van der Waals surface area (Å²) in [4.78, 5) is 10.5. The molecule has 0 amide bonds. The highest BCUT2D eigenvalue weighted by Gasteiger charge is 1.98. The fourth-order valence-electron chi connectivity index (χ4n) is 1.54. The van der Waals surface area contributed by atoms with E-state index >= 15 is 0 Å². The predicted octanol–water partition coefficient (Wildman–Crippen LogP) is 2.70. The maximum absolute atomic E-state index is 10.5. The van der Waals surface area contributed by atoms with E-state index in [2.05, 4.69) is 0 Å². The van der Waals surface area contributed by atoms with Gasteiger partial charge in [0.15, 0.2) is 0 Å². The Kier molecular flexibility index (Phi) is 2.68. The fraction of sp³-hybridized carbons (Fsp3) is 0.154. The van der Waals surface area contributed by atoms with Crippen molar-refractivity contribution in [3.8, 4) is 5.75 Å². The first kappa shape index (κ1) is 9.71. The quantitative estimate of drug-likeness (QED) is 0.759. The van der Waals surface area contributed by atoms with Crippen LogP contribution in [0.25, 0.3) is 10.8 Å². The molecule has 0 saturated carbocycles. The summed E-state index contributed by atoms with van der Waals surface area (Å²) >= 11 is 0. The summed E-state index contributed by atoms with van der Waals surface area (Å²) in [7, 11) is 0. The standard InChI is InChI=1S/C13H11O2/c1-2-15-13-6-5-11-7-10(9-14)3-4-12(11)8-13/h3-8H,2H2,1H3. The molecule has 0 aromatic heterocycles. The first-order chi connectivity index (χ1) is 7.33. The van der Waals surface area contributed by atoms with Gasteiger partial charge in [-0.3, -0.25) is 4.79 Å². The zero-order valence-corrected chi connectivity index (χ0v) is 8.49. The van der Waals surface area contributed by atoms with Gasteiger partial charge in [-0.25, -0.2) is 0 Å². The molecular weight excluding hydrogens is 188 g/mol. The molecule has 2 rings (SSSR count). The highest BCUT2D eigenvalue weighted by Crippen LogP contribution is 2.21. The van der Waals surface area contributed by atoms with Crippen molar-refractivity contribution >= 4 is 17.1 Å². The van der Waals surface area contributed by atoms with Crippen LogP contribution in [0.15, 0.2) is 36.4 Å². The maximum atomic E-state index is 10.5. The summed E-state index contributed by atoms with van der Waals surface area (Å²) in [6.07, 6.45) is 1.88.